The van der Waals surface area contributed by atoms with Gasteiger partial charge in [-0.3, -0.25) is 4.79 Å². The summed E-state index contributed by atoms with van der Waals surface area (Å²) >= 11 is 6.18. The molecular weight excluding hydrogens is 276 g/mol. The van der Waals surface area contributed by atoms with Gasteiger partial charge in [0.25, 0.3) is 5.91 Å². The highest BCUT2D eigenvalue weighted by atomic mass is 35.5. The van der Waals surface area contributed by atoms with E-state index in [0.717, 1.165) is 18.4 Å². The van der Waals surface area contributed by atoms with E-state index >= 15 is 0 Å². The van der Waals surface area contributed by atoms with Gasteiger partial charge in [0.15, 0.2) is 10.8 Å². The van der Waals surface area contributed by atoms with E-state index in [0.29, 0.717) is 6.54 Å². The zero-order chi connectivity index (χ0) is 14.1. The van der Waals surface area contributed by atoms with Gasteiger partial charge in [0.05, 0.1) is 6.54 Å². The van der Waals surface area contributed by atoms with Crippen molar-refractivity contribution < 1.29 is 4.79 Å². The van der Waals surface area contributed by atoms with Gasteiger partial charge in [-0.2, -0.15) is 0 Å². The van der Waals surface area contributed by atoms with Crippen molar-refractivity contribution in [2.45, 2.75) is 32.4 Å². The van der Waals surface area contributed by atoms with Crippen LogP contribution in [0, 0.1) is 6.92 Å². The number of hydrogen-bond donors (Lipinski definition) is 1. The summed E-state index contributed by atoms with van der Waals surface area (Å²) < 4.78 is 1.54. The molecule has 1 aliphatic rings. The molecule has 6 heteroatoms. The Hall–Kier alpha value is -1.88. The van der Waals surface area contributed by atoms with Gasteiger partial charge in [0, 0.05) is 6.04 Å². The van der Waals surface area contributed by atoms with E-state index in [1.165, 1.54) is 10.2 Å². The second kappa shape index (κ2) is 5.25. The van der Waals surface area contributed by atoms with Crippen LogP contribution < -0.4 is 5.32 Å². The fourth-order valence-corrected chi connectivity index (χ4v) is 2.11. The molecule has 104 valence electrons. The zero-order valence-electron chi connectivity index (χ0n) is 11.1. The number of nitrogens with zero attached hydrogens (tertiary/aromatic N) is 3. The highest BCUT2D eigenvalue weighted by Crippen LogP contribution is 2.21. The Labute approximate surface area is 121 Å². The number of halogens is 1. The molecule has 1 aromatic carbocycles. The largest absolute Gasteiger partial charge is 0.348 e. The van der Waals surface area contributed by atoms with Crippen LogP contribution >= 0.6 is 11.6 Å². The molecule has 0 saturated heterocycles. The van der Waals surface area contributed by atoms with E-state index in [9.17, 15) is 4.79 Å². The first-order chi connectivity index (χ1) is 9.63. The van der Waals surface area contributed by atoms with Crippen molar-refractivity contribution in [3.63, 3.8) is 0 Å². The normalized spacial score (nSPS) is 14.3. The van der Waals surface area contributed by atoms with Gasteiger partial charge in [0.1, 0.15) is 0 Å². The van der Waals surface area contributed by atoms with Crippen LogP contribution in [0.25, 0.3) is 0 Å². The molecule has 5 nitrogen and oxygen atoms in total. The first kappa shape index (κ1) is 13.1. The molecule has 0 spiro atoms. The van der Waals surface area contributed by atoms with Gasteiger partial charge in [0.2, 0.25) is 0 Å². The highest BCUT2D eigenvalue weighted by Gasteiger charge is 2.27. The Morgan fingerprint density at radius 2 is 2.10 bits per heavy atom. The minimum Gasteiger partial charge on any atom is -0.348 e. The number of carbonyl (C=O) groups is 1. The van der Waals surface area contributed by atoms with E-state index in [-0.39, 0.29) is 22.8 Å². The molecule has 0 bridgehead atoms. The highest BCUT2D eigenvalue weighted by molar-refractivity contribution is 6.32. The van der Waals surface area contributed by atoms with E-state index < -0.39 is 0 Å². The van der Waals surface area contributed by atoms with Gasteiger partial charge in [-0.1, -0.05) is 46.6 Å². The molecular formula is C14H15ClN4O. The SMILES string of the molecule is Cc1ccc(Cn2nnc(C(=O)NC3CC3)c2Cl)cc1. The van der Waals surface area contributed by atoms with Crippen LogP contribution in [0.1, 0.15) is 34.5 Å². The molecule has 0 atom stereocenters. The van der Waals surface area contributed by atoms with Crippen LogP contribution in [0.4, 0.5) is 0 Å². The average molecular weight is 291 g/mol. The third-order valence-electron chi connectivity index (χ3n) is 3.26. The Morgan fingerprint density at radius 1 is 1.40 bits per heavy atom. The van der Waals surface area contributed by atoms with Crippen molar-refractivity contribution in [1.29, 1.82) is 0 Å². The van der Waals surface area contributed by atoms with Gasteiger partial charge in [-0.05, 0) is 25.3 Å². The average Bonchev–Trinajstić information content (AvgIpc) is 3.16. The lowest BCUT2D eigenvalue weighted by atomic mass is 10.1. The maximum atomic E-state index is 11.9. The minimum absolute atomic E-state index is 0.200. The maximum Gasteiger partial charge on any atom is 0.275 e. The van der Waals surface area contributed by atoms with Crippen LogP contribution in [0.2, 0.25) is 5.15 Å². The van der Waals surface area contributed by atoms with E-state index in [2.05, 4.69) is 15.6 Å². The lowest BCUT2D eigenvalue weighted by molar-refractivity contribution is 0.0946. The van der Waals surface area contributed by atoms with Crippen molar-refractivity contribution in [3.05, 3.63) is 46.2 Å². The summed E-state index contributed by atoms with van der Waals surface area (Å²) in [5.41, 5.74) is 2.46. The predicted molar refractivity (Wildman–Crippen MR) is 75.8 cm³/mol. The van der Waals surface area contributed by atoms with Crippen LogP contribution in [-0.4, -0.2) is 26.9 Å². The molecule has 0 radical (unpaired) electrons. The molecule has 1 heterocycles. The van der Waals surface area contributed by atoms with Crippen LogP contribution in [0.3, 0.4) is 0 Å². The molecule has 1 aromatic heterocycles. The number of hydrogen-bond acceptors (Lipinski definition) is 3. The predicted octanol–water partition coefficient (Wildman–Crippen LogP) is 2.18. The second-order valence-corrected chi connectivity index (χ2v) is 5.48. The molecule has 20 heavy (non-hydrogen) atoms. The summed E-state index contributed by atoms with van der Waals surface area (Å²) in [6.07, 6.45) is 2.06. The number of carbonyl (C=O) groups excluding carboxylic acids is 1. The molecule has 0 aliphatic heterocycles. The number of aromatic nitrogens is 3. The molecule has 1 saturated carbocycles. The first-order valence-corrected chi connectivity index (χ1v) is 6.96. The third-order valence-corrected chi connectivity index (χ3v) is 3.63. The summed E-state index contributed by atoms with van der Waals surface area (Å²) in [6, 6.07) is 8.36. The Bertz CT molecular complexity index is 631. The molecule has 1 amide bonds. The lowest BCUT2D eigenvalue weighted by Gasteiger charge is -2.03. The van der Waals surface area contributed by atoms with Crippen LogP contribution in [0.5, 0.6) is 0 Å². The molecule has 1 fully saturated rings. The Morgan fingerprint density at radius 3 is 2.75 bits per heavy atom. The van der Waals surface area contributed by atoms with Crippen molar-refractivity contribution in [2.75, 3.05) is 0 Å². The fraction of sp³-hybridized carbons (Fsp3) is 0.357. The lowest BCUT2D eigenvalue weighted by Crippen LogP contribution is -2.26. The fourth-order valence-electron chi connectivity index (χ4n) is 1.89. The molecule has 1 N–H and O–H groups in total. The van der Waals surface area contributed by atoms with Crippen molar-refractivity contribution in [2.24, 2.45) is 0 Å². The monoisotopic (exact) mass is 290 g/mol. The number of aryl methyl sites for hydroxylation is 1. The van der Waals surface area contributed by atoms with Crippen molar-refractivity contribution >= 4 is 17.5 Å². The Balaban J connectivity index is 1.75. The van der Waals surface area contributed by atoms with E-state index in [1.807, 2.05) is 31.2 Å². The molecule has 3 rings (SSSR count). The van der Waals surface area contributed by atoms with Crippen LogP contribution in [0.15, 0.2) is 24.3 Å². The summed E-state index contributed by atoms with van der Waals surface area (Å²) in [7, 11) is 0. The summed E-state index contributed by atoms with van der Waals surface area (Å²) in [4.78, 5) is 11.9. The maximum absolute atomic E-state index is 11.9. The number of amides is 1. The Kier molecular flexibility index (Phi) is 3.44. The first-order valence-electron chi connectivity index (χ1n) is 6.59. The van der Waals surface area contributed by atoms with E-state index in [4.69, 9.17) is 11.6 Å². The van der Waals surface area contributed by atoms with Crippen molar-refractivity contribution in [3.8, 4) is 0 Å². The number of rotatable bonds is 4. The smallest absolute Gasteiger partial charge is 0.275 e. The molecule has 2 aromatic rings. The van der Waals surface area contributed by atoms with Gasteiger partial charge < -0.3 is 5.32 Å². The third kappa shape index (κ3) is 2.82. The number of benzene rings is 1. The molecule has 1 aliphatic carbocycles. The van der Waals surface area contributed by atoms with Gasteiger partial charge in [-0.25, -0.2) is 4.68 Å². The van der Waals surface area contributed by atoms with Gasteiger partial charge >= 0.3 is 0 Å². The number of nitrogens with one attached hydrogen (secondary N) is 1. The minimum atomic E-state index is -0.243. The summed E-state index contributed by atoms with van der Waals surface area (Å²) in [6.45, 7) is 2.54. The van der Waals surface area contributed by atoms with Crippen LogP contribution in [-0.2, 0) is 6.54 Å². The summed E-state index contributed by atoms with van der Waals surface area (Å²) in [5, 5.41) is 11.0. The zero-order valence-corrected chi connectivity index (χ0v) is 11.9. The van der Waals surface area contributed by atoms with Crippen molar-refractivity contribution in [1.82, 2.24) is 20.3 Å². The quantitative estimate of drug-likeness (QED) is 0.939. The topological polar surface area (TPSA) is 59.8 Å². The summed E-state index contributed by atoms with van der Waals surface area (Å²) in [5.74, 6) is -0.243. The second-order valence-electron chi connectivity index (χ2n) is 5.12. The van der Waals surface area contributed by atoms with Gasteiger partial charge in [-0.15, -0.1) is 5.10 Å². The van der Waals surface area contributed by atoms with E-state index in [1.54, 1.807) is 0 Å². The molecule has 0 unspecified atom stereocenters. The standard InChI is InChI=1S/C14H15ClN4O/c1-9-2-4-10(5-3-9)8-19-13(15)12(17-18-19)14(20)16-11-6-7-11/h2-5,11H,6-8H2,1H3,(H,16,20).